The van der Waals surface area contributed by atoms with Crippen molar-refractivity contribution < 1.29 is 19.1 Å². The van der Waals surface area contributed by atoms with Gasteiger partial charge in [0.25, 0.3) is 5.91 Å². The van der Waals surface area contributed by atoms with E-state index < -0.39 is 17.7 Å². The maximum Gasteiger partial charge on any atom is 0.408 e. The summed E-state index contributed by atoms with van der Waals surface area (Å²) in [6, 6.07) is -1.08. The summed E-state index contributed by atoms with van der Waals surface area (Å²) in [7, 11) is 3.19. The molecule has 0 saturated carbocycles. The smallest absolute Gasteiger partial charge is 0.408 e. The number of imide groups is 1. The summed E-state index contributed by atoms with van der Waals surface area (Å²) < 4.78 is 5.16. The molecule has 0 bridgehead atoms. The molecule has 1 saturated heterocycles. The minimum absolute atomic E-state index is 0.363. The van der Waals surface area contributed by atoms with E-state index in [1.54, 1.807) is 34.9 Å². The molecule has 4 amide bonds. The molecule has 0 spiro atoms. The van der Waals surface area contributed by atoms with E-state index in [0.717, 1.165) is 12.8 Å². The number of hydrogen-bond donors (Lipinski definition) is 1. The van der Waals surface area contributed by atoms with Crippen LogP contribution in [0.5, 0.6) is 0 Å². The Morgan fingerprint density at radius 2 is 1.90 bits per heavy atom. The Balaban J connectivity index is 2.75. The number of urea groups is 1. The zero-order valence-electron chi connectivity index (χ0n) is 13.4. The van der Waals surface area contributed by atoms with Crippen LogP contribution in [0.1, 0.15) is 40.0 Å². The molecule has 120 valence electrons. The second kappa shape index (κ2) is 6.78. The zero-order valence-corrected chi connectivity index (χ0v) is 13.4. The summed E-state index contributed by atoms with van der Waals surface area (Å²) in [5, 5.41) is 2.57. The quantitative estimate of drug-likeness (QED) is 0.797. The molecule has 21 heavy (non-hydrogen) atoms. The number of likely N-dealkylation sites (tertiary alicyclic amines) is 1. The van der Waals surface area contributed by atoms with Crippen molar-refractivity contribution in [1.29, 1.82) is 0 Å². The summed E-state index contributed by atoms with van der Waals surface area (Å²) in [6.45, 7) is 5.64. The van der Waals surface area contributed by atoms with Gasteiger partial charge >= 0.3 is 12.1 Å². The zero-order chi connectivity index (χ0) is 16.2. The largest absolute Gasteiger partial charge is 0.444 e. The molecule has 1 aliphatic heterocycles. The Morgan fingerprint density at radius 3 is 2.43 bits per heavy atom. The van der Waals surface area contributed by atoms with Crippen LogP contribution in [-0.2, 0) is 9.53 Å². The van der Waals surface area contributed by atoms with Gasteiger partial charge in [-0.3, -0.25) is 9.69 Å². The van der Waals surface area contributed by atoms with Crippen molar-refractivity contribution in [2.45, 2.75) is 51.7 Å². The fourth-order valence-corrected chi connectivity index (χ4v) is 2.06. The van der Waals surface area contributed by atoms with Crippen molar-refractivity contribution in [3.63, 3.8) is 0 Å². The Bertz CT molecular complexity index is 415. The first-order valence-corrected chi connectivity index (χ1v) is 7.14. The van der Waals surface area contributed by atoms with Crippen molar-refractivity contribution in [1.82, 2.24) is 15.1 Å². The average Bonchev–Trinajstić information content (AvgIpc) is 2.49. The van der Waals surface area contributed by atoms with Gasteiger partial charge in [0, 0.05) is 20.6 Å². The molecular weight excluding hydrogens is 274 g/mol. The van der Waals surface area contributed by atoms with Gasteiger partial charge in [-0.2, -0.15) is 0 Å². The number of rotatable bonds is 1. The van der Waals surface area contributed by atoms with E-state index in [1.807, 2.05) is 0 Å². The highest BCUT2D eigenvalue weighted by molar-refractivity contribution is 5.98. The fourth-order valence-electron chi connectivity index (χ4n) is 2.06. The lowest BCUT2D eigenvalue weighted by Gasteiger charge is -2.27. The first-order chi connectivity index (χ1) is 9.61. The predicted molar refractivity (Wildman–Crippen MR) is 77.8 cm³/mol. The minimum atomic E-state index is -0.716. The van der Waals surface area contributed by atoms with Gasteiger partial charge in [-0.05, 0) is 40.0 Å². The van der Waals surface area contributed by atoms with Crippen LogP contribution in [0.15, 0.2) is 0 Å². The van der Waals surface area contributed by atoms with Crippen LogP contribution >= 0.6 is 0 Å². The van der Waals surface area contributed by atoms with Gasteiger partial charge in [0.15, 0.2) is 0 Å². The Kier molecular flexibility index (Phi) is 5.57. The summed E-state index contributed by atoms with van der Waals surface area (Å²) in [4.78, 5) is 38.7. The third-order valence-electron chi connectivity index (χ3n) is 2.99. The number of nitrogens with zero attached hydrogens (tertiary/aromatic N) is 2. The van der Waals surface area contributed by atoms with Gasteiger partial charge in [-0.15, -0.1) is 0 Å². The van der Waals surface area contributed by atoms with Gasteiger partial charge in [0.1, 0.15) is 11.6 Å². The molecule has 7 heteroatoms. The van der Waals surface area contributed by atoms with Crippen LogP contribution in [-0.4, -0.2) is 60.1 Å². The van der Waals surface area contributed by atoms with Gasteiger partial charge in [0.05, 0.1) is 0 Å². The Morgan fingerprint density at radius 1 is 1.29 bits per heavy atom. The summed E-state index contributed by atoms with van der Waals surface area (Å²) in [5.74, 6) is -0.378. The van der Waals surface area contributed by atoms with E-state index >= 15 is 0 Å². The molecule has 0 aliphatic carbocycles. The molecule has 0 radical (unpaired) electrons. The van der Waals surface area contributed by atoms with Gasteiger partial charge in [0.2, 0.25) is 0 Å². The van der Waals surface area contributed by atoms with E-state index in [-0.39, 0.29) is 11.9 Å². The minimum Gasteiger partial charge on any atom is -0.444 e. The van der Waals surface area contributed by atoms with Gasteiger partial charge < -0.3 is 15.0 Å². The molecule has 1 aliphatic rings. The van der Waals surface area contributed by atoms with Crippen molar-refractivity contribution in [3.05, 3.63) is 0 Å². The summed E-state index contributed by atoms with van der Waals surface area (Å²) in [6.07, 6.45) is 1.37. The van der Waals surface area contributed by atoms with Crippen LogP contribution < -0.4 is 5.32 Å². The van der Waals surface area contributed by atoms with Crippen molar-refractivity contribution >= 4 is 18.0 Å². The van der Waals surface area contributed by atoms with E-state index in [9.17, 15) is 14.4 Å². The molecule has 0 aromatic rings. The maximum atomic E-state index is 12.4. The number of ether oxygens (including phenoxy) is 1. The lowest BCUT2D eigenvalue weighted by Crippen LogP contribution is -2.52. The van der Waals surface area contributed by atoms with Crippen LogP contribution in [0.2, 0.25) is 0 Å². The highest BCUT2D eigenvalue weighted by Crippen LogP contribution is 2.15. The summed E-state index contributed by atoms with van der Waals surface area (Å²) >= 11 is 0. The van der Waals surface area contributed by atoms with Crippen LogP contribution in [0.3, 0.4) is 0 Å². The molecule has 1 rings (SSSR count). The van der Waals surface area contributed by atoms with Crippen LogP contribution in [0.25, 0.3) is 0 Å². The molecule has 1 N–H and O–H groups in total. The highest BCUT2D eigenvalue weighted by Gasteiger charge is 2.33. The lowest BCUT2D eigenvalue weighted by molar-refractivity contribution is -0.130. The van der Waals surface area contributed by atoms with E-state index in [1.165, 1.54) is 9.80 Å². The number of hydrogen-bond acceptors (Lipinski definition) is 4. The first-order valence-electron chi connectivity index (χ1n) is 7.14. The molecule has 0 unspecified atom stereocenters. The van der Waals surface area contributed by atoms with Gasteiger partial charge in [-0.25, -0.2) is 9.59 Å². The Labute approximate surface area is 125 Å². The predicted octanol–water partition coefficient (Wildman–Crippen LogP) is 1.57. The molecule has 1 fully saturated rings. The molecule has 0 aromatic heterocycles. The number of nitrogens with one attached hydrogen (secondary N) is 1. The number of alkyl carbamates (subject to hydrolysis) is 1. The molecule has 7 nitrogen and oxygen atoms in total. The molecular formula is C14H25N3O4. The van der Waals surface area contributed by atoms with E-state index in [4.69, 9.17) is 4.74 Å². The number of carbonyl (C=O) groups excluding carboxylic acids is 3. The topological polar surface area (TPSA) is 79.0 Å². The van der Waals surface area contributed by atoms with Crippen LogP contribution in [0.4, 0.5) is 9.59 Å². The fraction of sp³-hybridized carbons (Fsp3) is 0.786. The third kappa shape index (κ3) is 5.24. The van der Waals surface area contributed by atoms with Crippen molar-refractivity contribution in [2.75, 3.05) is 20.6 Å². The maximum absolute atomic E-state index is 12.4. The van der Waals surface area contributed by atoms with Crippen molar-refractivity contribution in [3.8, 4) is 0 Å². The molecule has 0 aromatic carbocycles. The SMILES string of the molecule is CN(C)C(=O)N1CCCC[C@H](NC(=O)OC(C)(C)C)C1=O. The normalized spacial score (nSPS) is 19.8. The Hall–Kier alpha value is -1.79. The summed E-state index contributed by atoms with van der Waals surface area (Å²) in [5.41, 5.74) is -0.628. The van der Waals surface area contributed by atoms with E-state index in [0.29, 0.717) is 13.0 Å². The van der Waals surface area contributed by atoms with Crippen LogP contribution in [0, 0.1) is 0 Å². The third-order valence-corrected chi connectivity index (χ3v) is 2.99. The standard InChI is InChI=1S/C14H25N3O4/c1-14(2,3)21-12(19)15-10-8-6-7-9-17(11(10)18)13(20)16(4)5/h10H,6-9H2,1-5H3,(H,15,19)/t10-/m0/s1. The first kappa shape index (κ1) is 17.3. The van der Waals surface area contributed by atoms with Gasteiger partial charge in [-0.1, -0.05) is 0 Å². The highest BCUT2D eigenvalue weighted by atomic mass is 16.6. The van der Waals surface area contributed by atoms with E-state index in [2.05, 4.69) is 5.32 Å². The lowest BCUT2D eigenvalue weighted by atomic mass is 10.1. The molecule has 1 heterocycles. The number of amides is 4. The monoisotopic (exact) mass is 299 g/mol. The number of carbonyl (C=O) groups is 3. The second-order valence-electron chi connectivity index (χ2n) is 6.36. The second-order valence-corrected chi connectivity index (χ2v) is 6.36. The average molecular weight is 299 g/mol. The molecule has 1 atom stereocenters. The van der Waals surface area contributed by atoms with Crippen molar-refractivity contribution in [2.24, 2.45) is 0 Å².